The van der Waals surface area contributed by atoms with Crippen molar-refractivity contribution in [1.29, 1.82) is 0 Å². The Labute approximate surface area is 274 Å². The molecular weight excluding hydrogens is 657 g/mol. The van der Waals surface area contributed by atoms with Crippen LogP contribution in [0.25, 0.3) is 0 Å². The Kier molecular flexibility index (Phi) is 9.41. The number of aliphatic hydroxyl groups is 2. The van der Waals surface area contributed by atoms with Gasteiger partial charge in [-0.25, -0.2) is 18.1 Å². The average molecular weight is 695 g/mol. The highest BCUT2D eigenvalue weighted by Gasteiger charge is 2.43. The van der Waals surface area contributed by atoms with Crippen molar-refractivity contribution in [1.82, 2.24) is 5.32 Å². The highest BCUT2D eigenvalue weighted by Crippen LogP contribution is 2.48. The maximum Gasteiger partial charge on any atom is 0.470 e. The van der Waals surface area contributed by atoms with Crippen LogP contribution in [0.1, 0.15) is 44.3 Å². The summed E-state index contributed by atoms with van der Waals surface area (Å²) in [4.78, 5) is 47.8. The zero-order chi connectivity index (χ0) is 34.4. The molecule has 6 rings (SSSR count). The number of halogens is 2. The van der Waals surface area contributed by atoms with Gasteiger partial charge in [0.2, 0.25) is 5.91 Å². The molecule has 14 nitrogen and oxygen atoms in total. The number of phosphoric acid groups is 1. The predicted molar refractivity (Wildman–Crippen MR) is 168 cm³/mol. The first-order valence-corrected chi connectivity index (χ1v) is 17.1. The summed E-state index contributed by atoms with van der Waals surface area (Å²) in [6, 6.07) is 6.83. The van der Waals surface area contributed by atoms with Gasteiger partial charge < -0.3 is 44.6 Å². The van der Waals surface area contributed by atoms with Crippen molar-refractivity contribution in [3.8, 4) is 5.75 Å². The Balaban J connectivity index is 1.15. The van der Waals surface area contributed by atoms with E-state index >= 15 is 8.78 Å². The van der Waals surface area contributed by atoms with E-state index in [0.717, 1.165) is 18.9 Å². The number of rotatable bonds is 11. The monoisotopic (exact) mass is 694 g/mol. The molecule has 2 saturated heterocycles. The van der Waals surface area contributed by atoms with Crippen LogP contribution >= 0.6 is 7.82 Å². The van der Waals surface area contributed by atoms with Gasteiger partial charge in [-0.05, 0) is 49.9 Å². The Bertz CT molecular complexity index is 1660. The van der Waals surface area contributed by atoms with Crippen molar-refractivity contribution in [3.05, 3.63) is 59.3 Å². The summed E-state index contributed by atoms with van der Waals surface area (Å²) in [5.41, 5.74) is 0.215. The molecule has 48 heavy (non-hydrogen) atoms. The Morgan fingerprint density at radius 3 is 2.48 bits per heavy atom. The van der Waals surface area contributed by atoms with Gasteiger partial charge in [0.15, 0.2) is 11.6 Å². The summed E-state index contributed by atoms with van der Waals surface area (Å²) in [7, 11) is -5.04. The van der Waals surface area contributed by atoms with Gasteiger partial charge in [0.1, 0.15) is 30.2 Å². The number of carbonyl (C=O) groups is 2. The number of fused-ring (bicyclic) bond motifs is 1. The lowest BCUT2D eigenvalue weighted by molar-refractivity contribution is -0.119. The number of nitrogens with one attached hydrogen (secondary N) is 1. The summed E-state index contributed by atoms with van der Waals surface area (Å²) in [5.74, 6) is -1.98. The Morgan fingerprint density at radius 2 is 1.85 bits per heavy atom. The molecule has 4 aliphatic rings. The minimum absolute atomic E-state index is 0.00678. The van der Waals surface area contributed by atoms with E-state index in [1.165, 1.54) is 30.0 Å². The summed E-state index contributed by atoms with van der Waals surface area (Å²) >= 11 is 0. The first-order valence-electron chi connectivity index (χ1n) is 15.5. The normalized spacial score (nSPS) is 22.3. The molecule has 0 bridgehead atoms. The Morgan fingerprint density at radius 1 is 1.12 bits per heavy atom. The lowest BCUT2D eigenvalue weighted by Crippen LogP contribution is -2.49. The number of piperidine rings is 1. The summed E-state index contributed by atoms with van der Waals surface area (Å²) < 4.78 is 58.9. The van der Waals surface area contributed by atoms with E-state index in [4.69, 9.17) is 14.0 Å². The summed E-state index contributed by atoms with van der Waals surface area (Å²) in [5, 5.41) is 23.0. The maximum atomic E-state index is 15.5. The number of phosphoric ester groups is 1. The second-order valence-corrected chi connectivity index (χ2v) is 13.6. The summed E-state index contributed by atoms with van der Waals surface area (Å²) in [6.07, 6.45) is 1.03. The van der Waals surface area contributed by atoms with Crippen LogP contribution in [0.4, 0.5) is 30.6 Å². The van der Waals surface area contributed by atoms with Gasteiger partial charge in [0.25, 0.3) is 0 Å². The van der Waals surface area contributed by atoms with Crippen LogP contribution in [-0.2, 0) is 18.6 Å². The standard InChI is InChI=1S/C31H37F2N4O10P/c1-18(39)34-13-22-15-37(30(41)46-22)21-4-5-28(25(33)10-21)45-17-31(47-48(42,43)44)6-8-35(9-7-31)27-12-26-23(11-24(27)32)29(40)19(16-38)14-36(26)20-2-3-20/h4-5,10-12,14,20,22,29,38,40H,2-3,6-9,13,15-17H2,1H3,(H,34,39)(H2,42,43,44)/t22-,29?/m0/s1. The zero-order valence-corrected chi connectivity index (χ0v) is 26.9. The molecule has 1 unspecified atom stereocenters. The minimum atomic E-state index is -5.04. The third kappa shape index (κ3) is 7.28. The van der Waals surface area contributed by atoms with Gasteiger partial charge in [-0.2, -0.15) is 0 Å². The molecule has 260 valence electrons. The topological polar surface area (TPSA) is 182 Å². The first-order chi connectivity index (χ1) is 22.8. The molecule has 3 fully saturated rings. The molecule has 2 atom stereocenters. The minimum Gasteiger partial charge on any atom is -0.487 e. The van der Waals surface area contributed by atoms with E-state index in [9.17, 15) is 34.2 Å². The first kappa shape index (κ1) is 34.1. The number of carbonyl (C=O) groups excluding carboxylic acids is 2. The molecule has 1 saturated carbocycles. The quantitative estimate of drug-likeness (QED) is 0.218. The number of hydrogen-bond donors (Lipinski definition) is 5. The largest absolute Gasteiger partial charge is 0.487 e. The van der Waals surface area contributed by atoms with Gasteiger partial charge in [-0.1, -0.05) is 0 Å². The van der Waals surface area contributed by atoms with E-state index in [1.807, 2.05) is 4.90 Å². The van der Waals surface area contributed by atoms with Gasteiger partial charge in [0.05, 0.1) is 31.1 Å². The fourth-order valence-electron chi connectivity index (χ4n) is 6.30. The molecule has 17 heteroatoms. The number of amides is 2. The molecule has 2 amide bonds. The van der Waals surface area contributed by atoms with Crippen molar-refractivity contribution < 1.29 is 56.9 Å². The molecule has 5 N–H and O–H groups in total. The third-order valence-electron chi connectivity index (χ3n) is 8.95. The van der Waals surface area contributed by atoms with Gasteiger partial charge in [-0.15, -0.1) is 0 Å². The second kappa shape index (κ2) is 13.3. The average Bonchev–Trinajstić information content (AvgIpc) is 3.80. The van der Waals surface area contributed by atoms with Crippen LogP contribution in [-0.4, -0.2) is 89.1 Å². The lowest BCUT2D eigenvalue weighted by Gasteiger charge is -2.42. The van der Waals surface area contributed by atoms with E-state index in [1.54, 1.807) is 17.2 Å². The van der Waals surface area contributed by atoms with E-state index < -0.39 is 50.0 Å². The van der Waals surface area contributed by atoms with Crippen LogP contribution in [0, 0.1) is 11.6 Å². The van der Waals surface area contributed by atoms with E-state index in [0.29, 0.717) is 16.8 Å². The van der Waals surface area contributed by atoms with Crippen LogP contribution in [0.3, 0.4) is 0 Å². The second-order valence-electron chi connectivity index (χ2n) is 12.5. The number of ether oxygens (including phenoxy) is 2. The molecular formula is C31H37F2N4O10P. The van der Waals surface area contributed by atoms with Crippen LogP contribution in [0.2, 0.25) is 0 Å². The number of hydrogen-bond acceptors (Lipinski definition) is 10. The van der Waals surface area contributed by atoms with E-state index in [2.05, 4.69) is 5.32 Å². The molecule has 1 aliphatic carbocycles. The van der Waals surface area contributed by atoms with Crippen molar-refractivity contribution in [2.45, 2.75) is 56.5 Å². The maximum absolute atomic E-state index is 15.5. The van der Waals surface area contributed by atoms with Crippen molar-refractivity contribution in [2.24, 2.45) is 0 Å². The van der Waals surface area contributed by atoms with Crippen LogP contribution in [0.5, 0.6) is 5.75 Å². The lowest BCUT2D eigenvalue weighted by atomic mass is 9.91. The number of anilines is 3. The van der Waals surface area contributed by atoms with Crippen molar-refractivity contribution >= 4 is 36.9 Å². The zero-order valence-electron chi connectivity index (χ0n) is 26.1. The summed E-state index contributed by atoms with van der Waals surface area (Å²) in [6.45, 7) is 0.935. The van der Waals surface area contributed by atoms with Gasteiger partial charge >= 0.3 is 13.9 Å². The molecule has 3 aliphatic heterocycles. The molecule has 3 heterocycles. The van der Waals surface area contributed by atoms with Gasteiger partial charge in [-0.3, -0.25) is 14.2 Å². The predicted octanol–water partition coefficient (Wildman–Crippen LogP) is 2.85. The van der Waals surface area contributed by atoms with Crippen LogP contribution < -0.4 is 24.8 Å². The highest BCUT2D eigenvalue weighted by molar-refractivity contribution is 7.46. The Hall–Kier alpha value is -3.79. The third-order valence-corrected chi connectivity index (χ3v) is 9.57. The van der Waals surface area contributed by atoms with Crippen molar-refractivity contribution in [3.63, 3.8) is 0 Å². The fraction of sp³-hybridized carbons (Fsp3) is 0.484. The SMILES string of the molecule is CC(=O)NC[C@H]1CN(c2ccc(OCC3(OP(=O)(O)O)CCN(c4cc5c(cc4F)C(O)C(CO)=CN5C4CC4)CC3)c(F)c2)C(=O)O1. The highest BCUT2D eigenvalue weighted by atomic mass is 31.2. The smallest absolute Gasteiger partial charge is 0.470 e. The van der Waals surface area contributed by atoms with Crippen molar-refractivity contribution in [2.75, 3.05) is 54.1 Å². The molecule has 2 aromatic carbocycles. The molecule has 0 spiro atoms. The van der Waals surface area contributed by atoms with E-state index in [-0.39, 0.29) is 74.7 Å². The number of benzene rings is 2. The number of nitrogens with zero attached hydrogens (tertiary/aromatic N) is 3. The number of cyclic esters (lactones) is 1. The molecule has 0 radical (unpaired) electrons. The fourth-order valence-corrected chi connectivity index (χ4v) is 7.04. The number of aliphatic hydroxyl groups excluding tert-OH is 2. The van der Waals surface area contributed by atoms with Crippen LogP contribution in [0.15, 0.2) is 42.1 Å². The molecule has 0 aromatic heterocycles. The van der Waals surface area contributed by atoms with Gasteiger partial charge in [0, 0.05) is 55.1 Å². The molecule has 2 aromatic rings.